The normalized spacial score (nSPS) is 10.3. The van der Waals surface area contributed by atoms with E-state index in [4.69, 9.17) is 4.74 Å². The van der Waals surface area contributed by atoms with Crippen molar-refractivity contribution in [3.8, 4) is 11.5 Å². The van der Waals surface area contributed by atoms with Gasteiger partial charge in [-0.15, -0.1) is 0 Å². The summed E-state index contributed by atoms with van der Waals surface area (Å²) in [6.07, 6.45) is 0.895. The number of hydrogen-bond acceptors (Lipinski definition) is 5. The molecule has 2 rings (SSSR count). The van der Waals surface area contributed by atoms with Gasteiger partial charge < -0.3 is 14.3 Å². The lowest BCUT2D eigenvalue weighted by molar-refractivity contribution is -0.117. The molecule has 5 heteroatoms. The summed E-state index contributed by atoms with van der Waals surface area (Å²) in [6, 6.07) is 13.4. The monoisotopic (exact) mass is 366 g/mol. The van der Waals surface area contributed by atoms with E-state index in [-0.39, 0.29) is 48.8 Å². The SMILES string of the molecule is CC(=O)CCC(=O)c1ccc(Oc2ccc(C(=O)CCC(C)=O)cc2)cc1. The maximum Gasteiger partial charge on any atom is 0.163 e. The number of carbonyl (C=O) groups excluding carboxylic acids is 4. The molecule has 0 radical (unpaired) electrons. The van der Waals surface area contributed by atoms with Gasteiger partial charge in [-0.2, -0.15) is 0 Å². The molecule has 5 nitrogen and oxygen atoms in total. The van der Waals surface area contributed by atoms with Crippen molar-refractivity contribution in [2.24, 2.45) is 0 Å². The van der Waals surface area contributed by atoms with E-state index in [0.29, 0.717) is 22.6 Å². The number of carbonyl (C=O) groups is 4. The van der Waals surface area contributed by atoms with Gasteiger partial charge in [0.05, 0.1) is 0 Å². The molecule has 0 unspecified atom stereocenters. The molecule has 140 valence electrons. The maximum atomic E-state index is 12.0. The molecule has 0 aliphatic heterocycles. The third-order valence-electron chi connectivity index (χ3n) is 4.00. The van der Waals surface area contributed by atoms with Crippen molar-refractivity contribution in [2.75, 3.05) is 0 Å². The minimum Gasteiger partial charge on any atom is -0.457 e. The molecule has 0 atom stereocenters. The molecule has 0 bridgehead atoms. The molecule has 0 aliphatic rings. The molecule has 2 aromatic carbocycles. The van der Waals surface area contributed by atoms with E-state index < -0.39 is 0 Å². The molecule has 2 aromatic rings. The second-order valence-electron chi connectivity index (χ2n) is 6.40. The molecule has 0 aliphatic carbocycles. The second-order valence-corrected chi connectivity index (χ2v) is 6.40. The van der Waals surface area contributed by atoms with Crippen LogP contribution in [0.5, 0.6) is 11.5 Å². The highest BCUT2D eigenvalue weighted by Gasteiger charge is 2.09. The van der Waals surface area contributed by atoms with E-state index in [0.717, 1.165) is 0 Å². The third-order valence-corrected chi connectivity index (χ3v) is 4.00. The van der Waals surface area contributed by atoms with Crippen LogP contribution in [0.15, 0.2) is 48.5 Å². The average Bonchev–Trinajstić information content (AvgIpc) is 2.65. The highest BCUT2D eigenvalue weighted by Crippen LogP contribution is 2.23. The van der Waals surface area contributed by atoms with E-state index in [2.05, 4.69) is 0 Å². The first kappa shape index (κ1) is 20.2. The lowest BCUT2D eigenvalue weighted by Crippen LogP contribution is -2.02. The number of ketones is 4. The van der Waals surface area contributed by atoms with Crippen LogP contribution in [0.3, 0.4) is 0 Å². The summed E-state index contributed by atoms with van der Waals surface area (Å²) in [5.74, 6) is 0.955. The molecule has 0 saturated heterocycles. The van der Waals surface area contributed by atoms with Gasteiger partial charge in [-0.3, -0.25) is 9.59 Å². The molecule has 0 spiro atoms. The van der Waals surface area contributed by atoms with Gasteiger partial charge in [0.2, 0.25) is 0 Å². The molecular weight excluding hydrogens is 344 g/mol. The highest BCUT2D eigenvalue weighted by atomic mass is 16.5. The Morgan fingerprint density at radius 2 is 0.926 bits per heavy atom. The number of benzene rings is 2. The Balaban J connectivity index is 1.95. The van der Waals surface area contributed by atoms with Crippen LogP contribution in [0, 0.1) is 0 Å². The summed E-state index contributed by atoms with van der Waals surface area (Å²) in [5, 5.41) is 0. The second kappa shape index (κ2) is 9.57. The van der Waals surface area contributed by atoms with Crippen LogP contribution in [0.2, 0.25) is 0 Å². The molecule has 0 fully saturated rings. The fourth-order valence-electron chi connectivity index (χ4n) is 2.42. The zero-order chi connectivity index (χ0) is 19.8. The van der Waals surface area contributed by atoms with Crippen LogP contribution in [0.25, 0.3) is 0 Å². The third kappa shape index (κ3) is 6.62. The predicted molar refractivity (Wildman–Crippen MR) is 101 cm³/mol. The number of rotatable bonds is 10. The van der Waals surface area contributed by atoms with Gasteiger partial charge >= 0.3 is 0 Å². The fraction of sp³-hybridized carbons (Fsp3) is 0.273. The van der Waals surface area contributed by atoms with Crippen molar-refractivity contribution in [1.29, 1.82) is 0 Å². The van der Waals surface area contributed by atoms with E-state index in [1.54, 1.807) is 48.5 Å². The standard InChI is InChI=1S/C22H22O5/c1-15(23)3-13-21(25)17-5-9-19(10-6-17)27-20-11-7-18(8-12-20)22(26)14-4-16(2)24/h5-12H,3-4,13-14H2,1-2H3. The lowest BCUT2D eigenvalue weighted by atomic mass is 10.1. The van der Waals surface area contributed by atoms with Crippen LogP contribution >= 0.6 is 0 Å². The van der Waals surface area contributed by atoms with Crippen molar-refractivity contribution in [3.05, 3.63) is 59.7 Å². The summed E-state index contributed by atoms with van der Waals surface area (Å²) in [7, 11) is 0. The molecule has 0 saturated carbocycles. The van der Waals surface area contributed by atoms with Gasteiger partial charge in [-0.1, -0.05) is 0 Å². The zero-order valence-corrected chi connectivity index (χ0v) is 15.5. The predicted octanol–water partition coefficient (Wildman–Crippen LogP) is 4.58. The van der Waals surface area contributed by atoms with Gasteiger partial charge in [0.25, 0.3) is 0 Å². The quantitative estimate of drug-likeness (QED) is 0.575. The van der Waals surface area contributed by atoms with Gasteiger partial charge in [-0.25, -0.2) is 0 Å². The number of hydrogen-bond donors (Lipinski definition) is 0. The van der Waals surface area contributed by atoms with E-state index in [1.165, 1.54) is 13.8 Å². The van der Waals surface area contributed by atoms with Crippen molar-refractivity contribution in [2.45, 2.75) is 39.5 Å². The van der Waals surface area contributed by atoms with Gasteiger partial charge in [0, 0.05) is 36.8 Å². The van der Waals surface area contributed by atoms with Crippen molar-refractivity contribution in [3.63, 3.8) is 0 Å². The van der Waals surface area contributed by atoms with Crippen LogP contribution in [-0.4, -0.2) is 23.1 Å². The average molecular weight is 366 g/mol. The Bertz CT molecular complexity index is 761. The van der Waals surface area contributed by atoms with Crippen LogP contribution in [-0.2, 0) is 9.59 Å². The van der Waals surface area contributed by atoms with Crippen molar-refractivity contribution >= 4 is 23.1 Å². The molecular formula is C22H22O5. The van der Waals surface area contributed by atoms with Crippen LogP contribution in [0.1, 0.15) is 60.2 Å². The Morgan fingerprint density at radius 1 is 0.593 bits per heavy atom. The maximum absolute atomic E-state index is 12.0. The van der Waals surface area contributed by atoms with Gasteiger partial charge in [0.15, 0.2) is 11.6 Å². The molecule has 0 amide bonds. The van der Waals surface area contributed by atoms with Crippen LogP contribution in [0.4, 0.5) is 0 Å². The largest absolute Gasteiger partial charge is 0.457 e. The molecule has 27 heavy (non-hydrogen) atoms. The Hall–Kier alpha value is -3.08. The summed E-state index contributed by atoms with van der Waals surface area (Å²) in [4.78, 5) is 45.9. The van der Waals surface area contributed by atoms with E-state index in [9.17, 15) is 19.2 Å². The van der Waals surface area contributed by atoms with E-state index in [1.807, 2.05) is 0 Å². The minimum atomic E-state index is -0.0785. The van der Waals surface area contributed by atoms with Crippen molar-refractivity contribution < 1.29 is 23.9 Å². The molecule has 0 heterocycles. The van der Waals surface area contributed by atoms with Gasteiger partial charge in [0.1, 0.15) is 23.1 Å². The van der Waals surface area contributed by atoms with Crippen molar-refractivity contribution in [1.82, 2.24) is 0 Å². The highest BCUT2D eigenvalue weighted by molar-refractivity contribution is 5.98. The first-order valence-electron chi connectivity index (χ1n) is 8.78. The Kier molecular flexibility index (Phi) is 7.17. The Labute approximate surface area is 158 Å². The topological polar surface area (TPSA) is 77.5 Å². The smallest absolute Gasteiger partial charge is 0.163 e. The zero-order valence-electron chi connectivity index (χ0n) is 15.5. The summed E-state index contributed by atoms with van der Waals surface area (Å²) >= 11 is 0. The molecule has 0 aromatic heterocycles. The minimum absolute atomic E-state index is 0.00785. The summed E-state index contributed by atoms with van der Waals surface area (Å²) in [5.41, 5.74) is 1.07. The summed E-state index contributed by atoms with van der Waals surface area (Å²) in [6.45, 7) is 2.93. The Morgan fingerprint density at radius 3 is 1.22 bits per heavy atom. The van der Waals surface area contributed by atoms with E-state index >= 15 is 0 Å². The lowest BCUT2D eigenvalue weighted by Gasteiger charge is -2.07. The summed E-state index contributed by atoms with van der Waals surface area (Å²) < 4.78 is 5.71. The first-order chi connectivity index (χ1) is 12.8. The van der Waals surface area contributed by atoms with Crippen LogP contribution < -0.4 is 4.74 Å². The fourth-order valence-corrected chi connectivity index (χ4v) is 2.42. The number of Topliss-reactive ketones (excluding diaryl/α,β-unsaturated/α-hetero) is 4. The number of ether oxygens (including phenoxy) is 1. The molecule has 0 N–H and O–H groups in total. The van der Waals surface area contributed by atoms with Gasteiger partial charge in [-0.05, 0) is 62.4 Å². The first-order valence-corrected chi connectivity index (χ1v) is 8.78.